The van der Waals surface area contributed by atoms with Crippen LogP contribution in [0.1, 0.15) is 48.5 Å². The first-order chi connectivity index (χ1) is 8.34. The summed E-state index contributed by atoms with van der Waals surface area (Å²) in [6.45, 7) is 1.77. The molecule has 18 heavy (non-hydrogen) atoms. The zero-order valence-corrected chi connectivity index (χ0v) is 10.2. The minimum atomic E-state index is -4.47. The summed E-state index contributed by atoms with van der Waals surface area (Å²) in [7, 11) is 0. The van der Waals surface area contributed by atoms with Crippen LogP contribution in [0.5, 0.6) is 0 Å². The SMILES string of the molecule is CC1(C(=O)c2ccccc2C(F)(F)F)CCCC1. The Morgan fingerprint density at radius 2 is 1.72 bits per heavy atom. The van der Waals surface area contributed by atoms with Gasteiger partial charge in [-0.05, 0) is 18.9 Å². The molecule has 1 aromatic carbocycles. The van der Waals surface area contributed by atoms with Gasteiger partial charge >= 0.3 is 6.18 Å². The van der Waals surface area contributed by atoms with Crippen molar-refractivity contribution in [2.75, 3.05) is 0 Å². The predicted octanol–water partition coefficient (Wildman–Crippen LogP) is 4.47. The van der Waals surface area contributed by atoms with Gasteiger partial charge in [0.05, 0.1) is 5.56 Å². The van der Waals surface area contributed by atoms with Gasteiger partial charge in [-0.1, -0.05) is 38.0 Å². The van der Waals surface area contributed by atoms with Gasteiger partial charge in [0, 0.05) is 11.0 Å². The summed E-state index contributed by atoms with van der Waals surface area (Å²) in [5, 5.41) is 0. The van der Waals surface area contributed by atoms with Crippen molar-refractivity contribution >= 4 is 5.78 Å². The molecule has 0 N–H and O–H groups in total. The molecule has 0 bridgehead atoms. The molecule has 0 atom stereocenters. The smallest absolute Gasteiger partial charge is 0.294 e. The third-order valence-corrected chi connectivity index (χ3v) is 3.73. The van der Waals surface area contributed by atoms with Gasteiger partial charge < -0.3 is 0 Å². The van der Waals surface area contributed by atoms with Crippen LogP contribution < -0.4 is 0 Å². The minimum absolute atomic E-state index is 0.186. The highest BCUT2D eigenvalue weighted by molar-refractivity contribution is 6.01. The summed E-state index contributed by atoms with van der Waals surface area (Å²) in [5.41, 5.74) is -1.63. The van der Waals surface area contributed by atoms with E-state index >= 15 is 0 Å². The van der Waals surface area contributed by atoms with Gasteiger partial charge in [-0.25, -0.2) is 0 Å². The van der Waals surface area contributed by atoms with Crippen LogP contribution in [0.15, 0.2) is 24.3 Å². The van der Waals surface area contributed by atoms with Gasteiger partial charge in [0.2, 0.25) is 0 Å². The van der Waals surface area contributed by atoms with Crippen LogP contribution in [0.25, 0.3) is 0 Å². The Hall–Kier alpha value is -1.32. The molecular formula is C14H15F3O. The van der Waals surface area contributed by atoms with Crippen molar-refractivity contribution in [2.45, 2.75) is 38.8 Å². The molecule has 0 saturated heterocycles. The largest absolute Gasteiger partial charge is 0.417 e. The maximum absolute atomic E-state index is 12.9. The molecule has 0 spiro atoms. The van der Waals surface area contributed by atoms with E-state index in [-0.39, 0.29) is 11.3 Å². The topological polar surface area (TPSA) is 17.1 Å². The van der Waals surface area contributed by atoms with Crippen molar-refractivity contribution in [1.82, 2.24) is 0 Å². The highest BCUT2D eigenvalue weighted by Gasteiger charge is 2.41. The molecule has 1 aliphatic carbocycles. The lowest BCUT2D eigenvalue weighted by atomic mass is 9.79. The third kappa shape index (κ3) is 2.28. The summed E-state index contributed by atoms with van der Waals surface area (Å²) in [4.78, 5) is 12.3. The first kappa shape index (κ1) is 13.1. The Morgan fingerprint density at radius 1 is 1.17 bits per heavy atom. The molecule has 4 heteroatoms. The highest BCUT2D eigenvalue weighted by atomic mass is 19.4. The maximum Gasteiger partial charge on any atom is 0.417 e. The van der Waals surface area contributed by atoms with E-state index in [1.165, 1.54) is 18.2 Å². The quantitative estimate of drug-likeness (QED) is 0.713. The minimum Gasteiger partial charge on any atom is -0.294 e. The number of Topliss-reactive ketones (excluding diaryl/α,β-unsaturated/α-hetero) is 1. The Kier molecular flexibility index (Phi) is 3.21. The predicted molar refractivity (Wildman–Crippen MR) is 62.3 cm³/mol. The van der Waals surface area contributed by atoms with E-state index in [2.05, 4.69) is 0 Å². The molecule has 0 heterocycles. The second-order valence-electron chi connectivity index (χ2n) is 5.14. The van der Waals surface area contributed by atoms with Crippen LogP contribution >= 0.6 is 0 Å². The molecule has 0 unspecified atom stereocenters. The number of benzene rings is 1. The number of hydrogen-bond acceptors (Lipinski definition) is 1. The fraction of sp³-hybridized carbons (Fsp3) is 0.500. The molecule has 0 radical (unpaired) electrons. The zero-order valence-electron chi connectivity index (χ0n) is 10.2. The average molecular weight is 256 g/mol. The van der Waals surface area contributed by atoms with Gasteiger partial charge in [-0.15, -0.1) is 0 Å². The van der Waals surface area contributed by atoms with E-state index in [9.17, 15) is 18.0 Å². The number of halogens is 3. The standard InChI is InChI=1S/C14H15F3O/c1-13(8-4-5-9-13)12(18)10-6-2-3-7-11(10)14(15,16)17/h2-3,6-7H,4-5,8-9H2,1H3. The lowest BCUT2D eigenvalue weighted by molar-refractivity contribution is -0.138. The first-order valence-corrected chi connectivity index (χ1v) is 6.06. The van der Waals surface area contributed by atoms with Gasteiger partial charge in [-0.3, -0.25) is 4.79 Å². The number of alkyl halides is 3. The second-order valence-corrected chi connectivity index (χ2v) is 5.14. The van der Waals surface area contributed by atoms with Crippen LogP contribution in [-0.4, -0.2) is 5.78 Å². The molecule has 0 amide bonds. The molecule has 98 valence electrons. The van der Waals surface area contributed by atoms with Crippen molar-refractivity contribution in [2.24, 2.45) is 5.41 Å². The van der Waals surface area contributed by atoms with E-state index < -0.39 is 17.2 Å². The lowest BCUT2D eigenvalue weighted by Gasteiger charge is -2.23. The van der Waals surface area contributed by atoms with Gasteiger partial charge in [-0.2, -0.15) is 13.2 Å². The molecule has 1 nitrogen and oxygen atoms in total. The summed E-state index contributed by atoms with van der Waals surface area (Å²) in [5.74, 6) is -0.368. The van der Waals surface area contributed by atoms with Crippen molar-refractivity contribution in [1.29, 1.82) is 0 Å². The van der Waals surface area contributed by atoms with Crippen molar-refractivity contribution in [3.8, 4) is 0 Å². The molecule has 1 aromatic rings. The fourth-order valence-electron chi connectivity index (χ4n) is 2.64. The number of carbonyl (C=O) groups excluding carboxylic acids is 1. The van der Waals surface area contributed by atoms with Crippen LogP contribution in [0.4, 0.5) is 13.2 Å². The second kappa shape index (κ2) is 4.41. The van der Waals surface area contributed by atoms with Crippen molar-refractivity contribution in [3.63, 3.8) is 0 Å². The van der Waals surface area contributed by atoms with E-state index in [0.29, 0.717) is 12.8 Å². The Morgan fingerprint density at radius 3 is 2.28 bits per heavy atom. The molecule has 0 aromatic heterocycles. The van der Waals surface area contributed by atoms with Crippen LogP contribution in [-0.2, 0) is 6.18 Å². The molecule has 1 fully saturated rings. The van der Waals surface area contributed by atoms with Crippen LogP contribution in [0.3, 0.4) is 0 Å². The van der Waals surface area contributed by atoms with E-state index in [0.717, 1.165) is 18.9 Å². The van der Waals surface area contributed by atoms with Gasteiger partial charge in [0.1, 0.15) is 0 Å². The van der Waals surface area contributed by atoms with Crippen LogP contribution in [0, 0.1) is 5.41 Å². The number of carbonyl (C=O) groups is 1. The Balaban J connectivity index is 2.42. The molecule has 0 aliphatic heterocycles. The summed E-state index contributed by atoms with van der Waals surface area (Å²) in [6.07, 6.45) is -1.29. The number of rotatable bonds is 2. The van der Waals surface area contributed by atoms with Gasteiger partial charge in [0.15, 0.2) is 5.78 Å². The van der Waals surface area contributed by atoms with E-state index in [1.54, 1.807) is 6.92 Å². The normalized spacial score (nSPS) is 18.9. The molecule has 1 aliphatic rings. The third-order valence-electron chi connectivity index (χ3n) is 3.73. The van der Waals surface area contributed by atoms with Crippen molar-refractivity contribution < 1.29 is 18.0 Å². The molecule has 1 saturated carbocycles. The highest BCUT2D eigenvalue weighted by Crippen LogP contribution is 2.42. The average Bonchev–Trinajstić information content (AvgIpc) is 2.75. The van der Waals surface area contributed by atoms with Crippen LogP contribution in [0.2, 0.25) is 0 Å². The fourth-order valence-corrected chi connectivity index (χ4v) is 2.64. The molecule has 2 rings (SSSR count). The first-order valence-electron chi connectivity index (χ1n) is 6.06. The van der Waals surface area contributed by atoms with Gasteiger partial charge in [0.25, 0.3) is 0 Å². The number of hydrogen-bond donors (Lipinski definition) is 0. The zero-order chi connectivity index (χ0) is 13.4. The molecular weight excluding hydrogens is 241 g/mol. The summed E-state index contributed by atoms with van der Waals surface area (Å²) < 4.78 is 38.6. The summed E-state index contributed by atoms with van der Waals surface area (Å²) >= 11 is 0. The van der Waals surface area contributed by atoms with E-state index in [4.69, 9.17) is 0 Å². The Bertz CT molecular complexity index is 456. The number of ketones is 1. The van der Waals surface area contributed by atoms with E-state index in [1.807, 2.05) is 0 Å². The van der Waals surface area contributed by atoms with Crippen molar-refractivity contribution in [3.05, 3.63) is 35.4 Å². The Labute approximate surface area is 104 Å². The monoisotopic (exact) mass is 256 g/mol. The lowest BCUT2D eigenvalue weighted by Crippen LogP contribution is -2.27. The summed E-state index contributed by atoms with van der Waals surface area (Å²) in [6, 6.07) is 5.07. The maximum atomic E-state index is 12.9.